The van der Waals surface area contributed by atoms with Crippen molar-refractivity contribution in [1.82, 2.24) is 0 Å². The van der Waals surface area contributed by atoms with E-state index in [0.717, 1.165) is 24.3 Å². The third-order valence-corrected chi connectivity index (χ3v) is 3.17. The Hall–Kier alpha value is -1.60. The van der Waals surface area contributed by atoms with Crippen LogP contribution in [0.15, 0.2) is 39.5 Å². The van der Waals surface area contributed by atoms with Gasteiger partial charge in [-0.1, -0.05) is 0 Å². The molecule has 11 nitrogen and oxygen atoms in total. The van der Waals surface area contributed by atoms with Crippen molar-refractivity contribution < 1.29 is 101 Å². The second-order valence-electron chi connectivity index (χ2n) is 5.10. The molecular formula is C15H10KO11P-2. The third kappa shape index (κ3) is 5.94. The maximum atomic E-state index is 12.1. The van der Waals surface area contributed by atoms with Gasteiger partial charge in [-0.25, -0.2) is 0 Å². The number of aromatic hydroxyl groups is 5. The van der Waals surface area contributed by atoms with Crippen molar-refractivity contribution in [1.29, 1.82) is 0 Å². The first-order valence-electron chi connectivity index (χ1n) is 6.85. The minimum Gasteiger partial charge on any atom is -0.822 e. The van der Waals surface area contributed by atoms with Gasteiger partial charge in [-0.05, 0) is 18.2 Å². The molecule has 1 heterocycles. The molecule has 0 aliphatic carbocycles. The summed E-state index contributed by atoms with van der Waals surface area (Å²) in [5.74, 6) is -2.71. The monoisotopic (exact) mass is 436 g/mol. The van der Waals surface area contributed by atoms with Gasteiger partial charge in [0.1, 0.15) is 22.5 Å². The summed E-state index contributed by atoms with van der Waals surface area (Å²) in [6.45, 7) is 0. The zero-order valence-corrected chi connectivity index (χ0v) is 18.0. The molecule has 0 spiro atoms. The summed E-state index contributed by atoms with van der Waals surface area (Å²) in [5, 5.41) is 47.6. The number of hydrogen-bond donors (Lipinski definition) is 5. The van der Waals surface area contributed by atoms with Gasteiger partial charge in [0.25, 0.3) is 0 Å². The molecule has 2 aromatic carbocycles. The molecule has 0 bridgehead atoms. The summed E-state index contributed by atoms with van der Waals surface area (Å²) in [4.78, 5) is 37.8. The van der Waals surface area contributed by atoms with Gasteiger partial charge in [0, 0.05) is 17.7 Å². The summed E-state index contributed by atoms with van der Waals surface area (Å²) in [6, 6.07) is 5.64. The van der Waals surface area contributed by atoms with Crippen molar-refractivity contribution in [2.75, 3.05) is 0 Å². The molecule has 0 fully saturated rings. The van der Waals surface area contributed by atoms with Gasteiger partial charge < -0.3 is 49.2 Å². The van der Waals surface area contributed by atoms with Crippen molar-refractivity contribution in [3.8, 4) is 40.1 Å². The van der Waals surface area contributed by atoms with Gasteiger partial charge in [-0.3, -0.25) is 4.79 Å². The normalized spacial score (nSPS) is 10.7. The molecule has 13 heteroatoms. The van der Waals surface area contributed by atoms with E-state index in [1.54, 1.807) is 0 Å². The predicted molar refractivity (Wildman–Crippen MR) is 83.9 cm³/mol. The second kappa shape index (κ2) is 9.26. The Labute approximate surface area is 198 Å². The minimum atomic E-state index is -5.39. The summed E-state index contributed by atoms with van der Waals surface area (Å²) in [7, 11) is -5.39. The van der Waals surface area contributed by atoms with Crippen LogP contribution in [0.4, 0.5) is 0 Å². The van der Waals surface area contributed by atoms with Gasteiger partial charge in [0.15, 0.2) is 17.3 Å². The van der Waals surface area contributed by atoms with Gasteiger partial charge in [-0.15, -0.1) is 0 Å². The Morgan fingerprint density at radius 3 is 1.96 bits per heavy atom. The molecule has 1 aromatic heterocycles. The minimum absolute atomic E-state index is 0. The first-order chi connectivity index (χ1) is 12.4. The molecule has 0 aliphatic rings. The van der Waals surface area contributed by atoms with E-state index in [1.807, 2.05) is 0 Å². The van der Waals surface area contributed by atoms with Crippen molar-refractivity contribution in [3.05, 3.63) is 40.6 Å². The van der Waals surface area contributed by atoms with E-state index in [2.05, 4.69) is 0 Å². The summed E-state index contributed by atoms with van der Waals surface area (Å²) < 4.78 is 13.9. The average Bonchev–Trinajstić information content (AvgIpc) is 2.51. The molecule has 0 atom stereocenters. The molecule has 3 rings (SSSR count). The molecule has 0 radical (unpaired) electrons. The Morgan fingerprint density at radius 1 is 0.857 bits per heavy atom. The molecule has 0 saturated carbocycles. The molecule has 144 valence electrons. The van der Waals surface area contributed by atoms with Crippen LogP contribution in [-0.4, -0.2) is 25.5 Å². The number of rotatable bonds is 1. The van der Waals surface area contributed by atoms with Gasteiger partial charge in [0.2, 0.25) is 11.2 Å². The van der Waals surface area contributed by atoms with Gasteiger partial charge in [-0.2, -0.15) is 7.82 Å². The fraction of sp³-hybridized carbons (Fsp3) is 0. The van der Waals surface area contributed by atoms with Crippen LogP contribution in [0, 0.1) is 0 Å². The molecule has 28 heavy (non-hydrogen) atoms. The van der Waals surface area contributed by atoms with Crippen LogP contribution in [0.3, 0.4) is 0 Å². The Balaban J connectivity index is 0.000000584. The fourth-order valence-corrected chi connectivity index (χ4v) is 2.14. The molecule has 0 aliphatic heterocycles. The summed E-state index contributed by atoms with van der Waals surface area (Å²) in [6.07, 6.45) is 0. The number of phenols is 4. The van der Waals surface area contributed by atoms with Crippen LogP contribution in [-0.2, 0) is 4.57 Å². The van der Waals surface area contributed by atoms with E-state index in [4.69, 9.17) is 23.7 Å². The largest absolute Gasteiger partial charge is 1.00 e. The maximum Gasteiger partial charge on any atom is 1.00 e. The van der Waals surface area contributed by atoms with Crippen molar-refractivity contribution >= 4 is 18.8 Å². The Bertz CT molecular complexity index is 1110. The SMILES string of the molecule is O=P([O-])([O-])[O-].O=c1c(O)c(-c2ccc(O)c(O)c2)oc2cc(O)cc(O)c12.[K+]. The first kappa shape index (κ1) is 24.4. The van der Waals surface area contributed by atoms with Crippen LogP contribution < -0.4 is 71.5 Å². The number of fused-ring (bicyclic) bond motifs is 1. The van der Waals surface area contributed by atoms with Crippen LogP contribution in [0.25, 0.3) is 22.3 Å². The summed E-state index contributed by atoms with van der Waals surface area (Å²) >= 11 is 0. The molecule has 5 N–H and O–H groups in total. The second-order valence-corrected chi connectivity index (χ2v) is 5.99. The zero-order valence-electron chi connectivity index (χ0n) is 14.0. The Kier molecular flexibility index (Phi) is 8.08. The first-order valence-corrected chi connectivity index (χ1v) is 8.31. The third-order valence-electron chi connectivity index (χ3n) is 3.17. The van der Waals surface area contributed by atoms with E-state index in [9.17, 15) is 30.3 Å². The van der Waals surface area contributed by atoms with E-state index >= 15 is 0 Å². The van der Waals surface area contributed by atoms with Crippen LogP contribution >= 0.6 is 7.82 Å². The number of phenolic OH excluding ortho intramolecular Hbond substituents is 4. The van der Waals surface area contributed by atoms with E-state index in [1.165, 1.54) is 6.07 Å². The van der Waals surface area contributed by atoms with Crippen LogP contribution in [0.5, 0.6) is 28.7 Å². The molecule has 0 unspecified atom stereocenters. The molecule has 3 aromatic rings. The van der Waals surface area contributed by atoms with E-state index < -0.39 is 30.5 Å². The van der Waals surface area contributed by atoms with E-state index in [0.29, 0.717) is 0 Å². The average molecular weight is 436 g/mol. The summed E-state index contributed by atoms with van der Waals surface area (Å²) in [5.41, 5.74) is -0.890. The van der Waals surface area contributed by atoms with Gasteiger partial charge in [0.05, 0.1) is 0 Å². The number of phosphoric acid groups is 1. The molecule has 0 saturated heterocycles. The Morgan fingerprint density at radius 2 is 1.43 bits per heavy atom. The quantitative estimate of drug-likeness (QED) is 0.141. The van der Waals surface area contributed by atoms with Crippen molar-refractivity contribution in [2.45, 2.75) is 0 Å². The molecule has 0 amide bonds. The predicted octanol–water partition coefficient (Wildman–Crippen LogP) is -3.83. The van der Waals surface area contributed by atoms with Crippen LogP contribution in [0.1, 0.15) is 0 Å². The zero-order chi connectivity index (χ0) is 20.5. The van der Waals surface area contributed by atoms with Crippen molar-refractivity contribution in [3.63, 3.8) is 0 Å². The fourth-order valence-electron chi connectivity index (χ4n) is 2.14. The van der Waals surface area contributed by atoms with Gasteiger partial charge >= 0.3 is 51.4 Å². The van der Waals surface area contributed by atoms with Crippen LogP contribution in [0.2, 0.25) is 0 Å². The smallest absolute Gasteiger partial charge is 0.822 e. The number of hydrogen-bond acceptors (Lipinski definition) is 11. The maximum absolute atomic E-state index is 12.1. The van der Waals surface area contributed by atoms with E-state index in [-0.39, 0.29) is 85.2 Å². The molecular weight excluding hydrogens is 426 g/mol. The number of benzene rings is 2. The standard InChI is InChI=1S/C15H10O7.K.H3O4P/c16-7-4-10(19)12-11(5-7)22-15(14(21)13(12)20)6-1-2-8(17)9(18)3-6;;1-5(2,3)4/h1-5,16-19,21H;;(H3,1,2,3,4)/q;+1;/p-3. The topological polar surface area (TPSA) is 218 Å². The van der Waals surface area contributed by atoms with Crippen molar-refractivity contribution in [2.24, 2.45) is 0 Å².